The van der Waals surface area contributed by atoms with E-state index in [2.05, 4.69) is 34.5 Å². The second kappa shape index (κ2) is 12.0. The van der Waals surface area contributed by atoms with Gasteiger partial charge in [-0.3, -0.25) is 4.68 Å². The second-order valence-electron chi connectivity index (χ2n) is 6.93. The van der Waals surface area contributed by atoms with Gasteiger partial charge < -0.3 is 15.1 Å². The minimum absolute atomic E-state index is 0. The van der Waals surface area contributed by atoms with Crippen LogP contribution >= 0.6 is 24.0 Å². The number of nitrogens with zero attached hydrogens (tertiary/aromatic N) is 3. The molecule has 6 nitrogen and oxygen atoms in total. The molecule has 0 aliphatic heterocycles. The summed E-state index contributed by atoms with van der Waals surface area (Å²) < 4.78 is 7.51. The van der Waals surface area contributed by atoms with Crippen molar-refractivity contribution in [3.05, 3.63) is 42.1 Å². The Labute approximate surface area is 179 Å². The van der Waals surface area contributed by atoms with Gasteiger partial charge in [0.2, 0.25) is 0 Å². The van der Waals surface area contributed by atoms with Crippen LogP contribution in [0.4, 0.5) is 0 Å². The number of guanidine groups is 1. The van der Waals surface area contributed by atoms with Gasteiger partial charge in [-0.05, 0) is 37.5 Å². The molecule has 2 heterocycles. The molecule has 0 saturated heterocycles. The normalized spacial score (nSPS) is 14.9. The highest BCUT2D eigenvalue weighted by Gasteiger charge is 2.17. The molecule has 7 heteroatoms. The van der Waals surface area contributed by atoms with Crippen LogP contribution in [0.25, 0.3) is 0 Å². The van der Waals surface area contributed by atoms with E-state index >= 15 is 0 Å². The first-order chi connectivity index (χ1) is 12.8. The first-order valence-corrected chi connectivity index (χ1v) is 9.93. The highest BCUT2D eigenvalue weighted by Crippen LogP contribution is 2.28. The van der Waals surface area contributed by atoms with Crippen LogP contribution in [0.15, 0.2) is 40.1 Å². The van der Waals surface area contributed by atoms with Gasteiger partial charge in [0, 0.05) is 25.7 Å². The summed E-state index contributed by atoms with van der Waals surface area (Å²) >= 11 is 0. The van der Waals surface area contributed by atoms with Crippen molar-refractivity contribution in [1.29, 1.82) is 0 Å². The van der Waals surface area contributed by atoms with Crippen LogP contribution in [0.2, 0.25) is 0 Å². The van der Waals surface area contributed by atoms with Crippen molar-refractivity contribution < 1.29 is 4.42 Å². The largest absolute Gasteiger partial charge is 0.469 e. The highest BCUT2D eigenvalue weighted by molar-refractivity contribution is 14.0. The molecule has 0 amide bonds. The zero-order valence-corrected chi connectivity index (χ0v) is 18.5. The number of nitrogens with one attached hydrogen (secondary N) is 2. The summed E-state index contributed by atoms with van der Waals surface area (Å²) in [5.41, 5.74) is 1.03. The number of aromatic nitrogens is 2. The first kappa shape index (κ1) is 21.8. The lowest BCUT2D eigenvalue weighted by molar-refractivity contribution is 0.463. The van der Waals surface area contributed by atoms with Crippen LogP contribution in [0.1, 0.15) is 62.9 Å². The number of aliphatic imine (C=N–C) groups is 1. The number of rotatable bonds is 9. The molecule has 0 unspecified atom stereocenters. The van der Waals surface area contributed by atoms with Crippen LogP contribution in [0.5, 0.6) is 0 Å². The Morgan fingerprint density at radius 1 is 1.26 bits per heavy atom. The van der Waals surface area contributed by atoms with Gasteiger partial charge in [-0.1, -0.05) is 26.2 Å². The molecule has 27 heavy (non-hydrogen) atoms. The lowest BCUT2D eigenvalue weighted by atomic mass is 10.3. The number of hydrogen-bond donors (Lipinski definition) is 2. The van der Waals surface area contributed by atoms with Crippen molar-refractivity contribution in [2.24, 2.45) is 4.99 Å². The van der Waals surface area contributed by atoms with Crippen LogP contribution in [-0.4, -0.2) is 28.8 Å². The third-order valence-corrected chi connectivity index (χ3v) is 4.83. The summed E-state index contributed by atoms with van der Waals surface area (Å²) in [6.07, 6.45) is 12.1. The molecule has 1 saturated carbocycles. The van der Waals surface area contributed by atoms with Gasteiger partial charge in [-0.2, -0.15) is 5.10 Å². The molecule has 0 bridgehead atoms. The summed E-state index contributed by atoms with van der Waals surface area (Å²) in [6, 6.07) is 6.60. The molecular weight excluding hydrogens is 453 g/mol. The quantitative estimate of drug-likeness (QED) is 0.241. The Kier molecular flexibility index (Phi) is 9.72. The molecule has 0 aromatic carbocycles. The van der Waals surface area contributed by atoms with Crippen molar-refractivity contribution in [2.45, 2.75) is 64.5 Å². The predicted octanol–water partition coefficient (Wildman–Crippen LogP) is 4.29. The fraction of sp³-hybridized carbons (Fsp3) is 0.600. The smallest absolute Gasteiger partial charge is 0.191 e. The summed E-state index contributed by atoms with van der Waals surface area (Å²) in [7, 11) is 0. The van der Waals surface area contributed by atoms with Crippen molar-refractivity contribution in [3.63, 3.8) is 0 Å². The van der Waals surface area contributed by atoms with Crippen molar-refractivity contribution in [2.75, 3.05) is 13.1 Å². The predicted molar refractivity (Wildman–Crippen MR) is 120 cm³/mol. The van der Waals surface area contributed by atoms with E-state index in [9.17, 15) is 0 Å². The average molecular weight is 485 g/mol. The van der Waals surface area contributed by atoms with Crippen LogP contribution < -0.4 is 10.6 Å². The fourth-order valence-corrected chi connectivity index (χ4v) is 3.31. The molecule has 2 N–H and O–H groups in total. The Bertz CT molecular complexity index is 662. The minimum atomic E-state index is 0. The van der Waals surface area contributed by atoms with Gasteiger partial charge in [-0.25, -0.2) is 4.99 Å². The number of furan rings is 1. The fourth-order valence-electron chi connectivity index (χ4n) is 3.31. The number of halogens is 1. The van der Waals surface area contributed by atoms with E-state index in [1.165, 1.54) is 32.1 Å². The molecule has 0 radical (unpaired) electrons. The molecule has 2 aromatic heterocycles. The Hall–Kier alpha value is -1.51. The average Bonchev–Trinajstić information content (AvgIpc) is 3.41. The molecular formula is C20H32IN5O. The summed E-state index contributed by atoms with van der Waals surface area (Å²) in [5, 5.41) is 11.5. The molecule has 0 spiro atoms. The second-order valence-corrected chi connectivity index (χ2v) is 6.93. The number of hydrogen-bond acceptors (Lipinski definition) is 3. The van der Waals surface area contributed by atoms with Gasteiger partial charge in [0.25, 0.3) is 0 Å². The van der Waals surface area contributed by atoms with Crippen molar-refractivity contribution >= 4 is 29.9 Å². The Balaban J connectivity index is 0.00000261. The molecule has 2 aromatic rings. The zero-order valence-electron chi connectivity index (χ0n) is 16.2. The van der Waals surface area contributed by atoms with E-state index in [4.69, 9.17) is 14.5 Å². The van der Waals surface area contributed by atoms with E-state index in [-0.39, 0.29) is 24.0 Å². The molecule has 1 aliphatic rings. The van der Waals surface area contributed by atoms with E-state index < -0.39 is 0 Å². The van der Waals surface area contributed by atoms with Crippen LogP contribution in [0.3, 0.4) is 0 Å². The van der Waals surface area contributed by atoms with Gasteiger partial charge in [0.1, 0.15) is 5.76 Å². The summed E-state index contributed by atoms with van der Waals surface area (Å²) in [4.78, 5) is 4.71. The Morgan fingerprint density at radius 3 is 2.81 bits per heavy atom. The molecule has 1 fully saturated rings. The third kappa shape index (κ3) is 7.20. The van der Waals surface area contributed by atoms with Gasteiger partial charge in [0.05, 0.1) is 24.5 Å². The molecule has 0 atom stereocenters. The highest BCUT2D eigenvalue weighted by atomic mass is 127. The first-order valence-electron chi connectivity index (χ1n) is 9.93. The lowest BCUT2D eigenvalue weighted by Gasteiger charge is -2.12. The van der Waals surface area contributed by atoms with Gasteiger partial charge in [-0.15, -0.1) is 24.0 Å². The van der Waals surface area contributed by atoms with Crippen LogP contribution in [-0.2, 0) is 13.0 Å². The third-order valence-electron chi connectivity index (χ3n) is 4.83. The maximum atomic E-state index is 5.38. The van der Waals surface area contributed by atoms with Crippen LogP contribution in [0, 0.1) is 0 Å². The van der Waals surface area contributed by atoms with E-state index in [0.717, 1.165) is 43.3 Å². The van der Waals surface area contributed by atoms with E-state index in [0.29, 0.717) is 12.6 Å². The zero-order chi connectivity index (χ0) is 18.0. The summed E-state index contributed by atoms with van der Waals surface area (Å²) in [5.74, 6) is 1.83. The van der Waals surface area contributed by atoms with E-state index in [1.54, 1.807) is 6.26 Å². The Morgan fingerprint density at radius 2 is 2.07 bits per heavy atom. The van der Waals surface area contributed by atoms with E-state index in [1.807, 2.05) is 12.1 Å². The maximum Gasteiger partial charge on any atom is 0.191 e. The molecule has 3 rings (SSSR count). The minimum Gasteiger partial charge on any atom is -0.469 e. The van der Waals surface area contributed by atoms with Gasteiger partial charge in [0.15, 0.2) is 5.96 Å². The summed E-state index contributed by atoms with van der Waals surface area (Å²) in [6.45, 7) is 4.52. The monoisotopic (exact) mass is 485 g/mol. The van der Waals surface area contributed by atoms with Crippen molar-refractivity contribution in [1.82, 2.24) is 20.4 Å². The SMILES string of the molecule is CCCCNC(=NCc1ccn(C2CCCC2)n1)NCCc1ccco1.I. The lowest BCUT2D eigenvalue weighted by Crippen LogP contribution is -2.38. The number of unbranched alkanes of at least 4 members (excludes halogenated alkanes) is 1. The molecule has 150 valence electrons. The topological polar surface area (TPSA) is 67.4 Å². The standard InChI is InChI=1S/C20H31N5O.HI/c1-2-3-12-21-20(22-13-10-19-9-6-15-26-19)23-16-17-11-14-25(24-17)18-7-4-5-8-18;/h6,9,11,14-15,18H,2-5,7-8,10,12-13,16H2,1H3,(H2,21,22,23);1H. The van der Waals surface area contributed by atoms with Crippen molar-refractivity contribution in [3.8, 4) is 0 Å². The molecule has 1 aliphatic carbocycles. The van der Waals surface area contributed by atoms with Gasteiger partial charge >= 0.3 is 0 Å². The maximum absolute atomic E-state index is 5.38.